The van der Waals surface area contributed by atoms with Crippen LogP contribution in [0.15, 0.2) is 0 Å². The predicted octanol–water partition coefficient (Wildman–Crippen LogP) is 2.19. The molecule has 0 radical (unpaired) electrons. The first-order chi connectivity index (χ1) is 5.12. The Hall–Kier alpha value is 0.110. The topological polar surface area (TPSA) is 26.0 Å². The van der Waals surface area contributed by atoms with Crippen LogP contribution in [-0.2, 0) is 0 Å². The number of rotatable bonds is 0. The Kier molecular flexibility index (Phi) is 2.64. The maximum absolute atomic E-state index is 12.8. The van der Waals surface area contributed by atoms with Gasteiger partial charge in [0.15, 0.2) is 0 Å². The molecule has 72 valence electrons. The van der Waals surface area contributed by atoms with Crippen molar-refractivity contribution >= 4 is 12.4 Å². The van der Waals surface area contributed by atoms with Crippen molar-refractivity contribution in [2.75, 3.05) is 0 Å². The first-order valence-corrected chi connectivity index (χ1v) is 4.25. The number of alkyl halides is 2. The quantitative estimate of drug-likeness (QED) is 0.633. The molecule has 2 unspecified atom stereocenters. The number of nitrogens with two attached hydrogens (primary N) is 1. The Morgan fingerprint density at radius 3 is 1.83 bits per heavy atom. The fourth-order valence-corrected chi connectivity index (χ4v) is 2.18. The van der Waals surface area contributed by atoms with Crippen molar-refractivity contribution in [1.29, 1.82) is 0 Å². The fourth-order valence-electron chi connectivity index (χ4n) is 2.18. The summed E-state index contributed by atoms with van der Waals surface area (Å²) in [6.45, 7) is 0. The van der Waals surface area contributed by atoms with E-state index in [2.05, 4.69) is 0 Å². The average molecular weight is 198 g/mol. The molecule has 2 atom stereocenters. The highest BCUT2D eigenvalue weighted by Crippen LogP contribution is 2.60. The van der Waals surface area contributed by atoms with Crippen molar-refractivity contribution < 1.29 is 8.78 Å². The van der Waals surface area contributed by atoms with Gasteiger partial charge in [-0.3, -0.25) is 0 Å². The highest BCUT2D eigenvalue weighted by atomic mass is 35.5. The minimum atomic E-state index is -2.33. The molecule has 0 bridgehead atoms. The van der Waals surface area contributed by atoms with Gasteiger partial charge in [0.2, 0.25) is 0 Å². The third-order valence-electron chi connectivity index (χ3n) is 3.06. The number of fused-ring (bicyclic) bond motifs is 1. The average Bonchev–Trinajstić information content (AvgIpc) is 2.51. The van der Waals surface area contributed by atoms with Gasteiger partial charge in [0.05, 0.1) is 0 Å². The minimum absolute atomic E-state index is 0. The minimum Gasteiger partial charge on any atom is -0.328 e. The second-order valence-corrected chi connectivity index (χ2v) is 3.80. The van der Waals surface area contributed by atoms with E-state index in [0.29, 0.717) is 12.8 Å². The molecule has 2 fully saturated rings. The molecule has 12 heavy (non-hydrogen) atoms. The summed E-state index contributed by atoms with van der Waals surface area (Å²) in [6.07, 6.45) is 2.85. The molecule has 0 heterocycles. The van der Waals surface area contributed by atoms with Crippen LogP contribution in [0, 0.1) is 11.8 Å². The number of hydrogen-bond donors (Lipinski definition) is 1. The van der Waals surface area contributed by atoms with Crippen molar-refractivity contribution in [3.05, 3.63) is 0 Å². The van der Waals surface area contributed by atoms with Crippen LogP contribution in [-0.4, -0.2) is 12.0 Å². The summed E-state index contributed by atoms with van der Waals surface area (Å²) >= 11 is 0. The van der Waals surface area contributed by atoms with E-state index in [0.717, 1.165) is 12.8 Å². The summed E-state index contributed by atoms with van der Waals surface area (Å²) in [5, 5.41) is 0. The summed E-state index contributed by atoms with van der Waals surface area (Å²) < 4.78 is 25.5. The van der Waals surface area contributed by atoms with E-state index in [1.807, 2.05) is 0 Å². The zero-order chi connectivity index (χ0) is 8.06. The van der Waals surface area contributed by atoms with Crippen LogP contribution in [0.25, 0.3) is 0 Å². The lowest BCUT2D eigenvalue weighted by atomic mass is 10.1. The van der Waals surface area contributed by atoms with E-state index in [9.17, 15) is 8.78 Å². The highest BCUT2D eigenvalue weighted by molar-refractivity contribution is 5.85. The van der Waals surface area contributed by atoms with Gasteiger partial charge in [-0.2, -0.15) is 0 Å². The van der Waals surface area contributed by atoms with Crippen LogP contribution in [0.4, 0.5) is 8.78 Å². The molecular weight excluding hydrogens is 184 g/mol. The summed E-state index contributed by atoms with van der Waals surface area (Å²) in [4.78, 5) is 0. The molecule has 2 saturated carbocycles. The molecular formula is C8H14ClF2N. The Balaban J connectivity index is 0.000000720. The maximum atomic E-state index is 12.8. The van der Waals surface area contributed by atoms with Crippen molar-refractivity contribution in [2.24, 2.45) is 17.6 Å². The zero-order valence-electron chi connectivity index (χ0n) is 6.80. The second kappa shape index (κ2) is 3.11. The van der Waals surface area contributed by atoms with E-state index in [1.54, 1.807) is 0 Å². The van der Waals surface area contributed by atoms with Gasteiger partial charge >= 0.3 is 0 Å². The normalized spacial score (nSPS) is 43.8. The van der Waals surface area contributed by atoms with Crippen molar-refractivity contribution in [2.45, 2.75) is 37.6 Å². The first kappa shape index (κ1) is 10.2. The van der Waals surface area contributed by atoms with Crippen molar-refractivity contribution in [3.8, 4) is 0 Å². The maximum Gasteiger partial charge on any atom is 0.254 e. The Bertz CT molecular complexity index is 158. The van der Waals surface area contributed by atoms with Gasteiger partial charge in [-0.25, -0.2) is 8.78 Å². The SMILES string of the molecule is Cl.NC1CCC2C(CC1)C2(F)F. The standard InChI is InChI=1S/C8H13F2N.ClH/c9-8(10)6-3-1-5(11)2-4-7(6)8;/h5-7H,1-4,11H2;1H. The van der Waals surface area contributed by atoms with Crippen molar-refractivity contribution in [3.63, 3.8) is 0 Å². The lowest BCUT2D eigenvalue weighted by Crippen LogP contribution is -2.19. The van der Waals surface area contributed by atoms with Crippen LogP contribution in [0.1, 0.15) is 25.7 Å². The van der Waals surface area contributed by atoms with Gasteiger partial charge in [0.25, 0.3) is 5.92 Å². The van der Waals surface area contributed by atoms with E-state index in [4.69, 9.17) is 5.73 Å². The fraction of sp³-hybridized carbons (Fsp3) is 1.00. The van der Waals surface area contributed by atoms with Gasteiger partial charge in [-0.1, -0.05) is 0 Å². The van der Waals surface area contributed by atoms with Crippen LogP contribution in [0.5, 0.6) is 0 Å². The van der Waals surface area contributed by atoms with Gasteiger partial charge in [0, 0.05) is 17.9 Å². The Morgan fingerprint density at radius 2 is 1.42 bits per heavy atom. The number of halogens is 3. The lowest BCUT2D eigenvalue weighted by Gasteiger charge is -2.08. The zero-order valence-corrected chi connectivity index (χ0v) is 7.62. The molecule has 1 nitrogen and oxygen atoms in total. The Labute approximate surface area is 77.1 Å². The first-order valence-electron chi connectivity index (χ1n) is 4.25. The van der Waals surface area contributed by atoms with Crippen molar-refractivity contribution in [1.82, 2.24) is 0 Å². The molecule has 0 aromatic rings. The predicted molar refractivity (Wildman–Crippen MR) is 45.6 cm³/mol. The smallest absolute Gasteiger partial charge is 0.254 e. The van der Waals surface area contributed by atoms with Crippen LogP contribution in [0.3, 0.4) is 0 Å². The van der Waals surface area contributed by atoms with Gasteiger partial charge in [-0.05, 0) is 25.7 Å². The molecule has 0 aromatic heterocycles. The van der Waals surface area contributed by atoms with Crippen LogP contribution in [0.2, 0.25) is 0 Å². The van der Waals surface area contributed by atoms with Gasteiger partial charge in [-0.15, -0.1) is 12.4 Å². The van der Waals surface area contributed by atoms with Crippen LogP contribution >= 0.6 is 12.4 Å². The molecule has 0 aliphatic heterocycles. The van der Waals surface area contributed by atoms with E-state index < -0.39 is 5.92 Å². The highest BCUT2D eigenvalue weighted by Gasteiger charge is 2.67. The molecule has 0 amide bonds. The molecule has 2 aliphatic carbocycles. The largest absolute Gasteiger partial charge is 0.328 e. The molecule has 2 aliphatic rings. The summed E-state index contributed by atoms with van der Waals surface area (Å²) in [5.74, 6) is -2.98. The summed E-state index contributed by atoms with van der Waals surface area (Å²) in [5.41, 5.74) is 5.66. The third kappa shape index (κ3) is 1.44. The van der Waals surface area contributed by atoms with E-state index in [-0.39, 0.29) is 30.3 Å². The second-order valence-electron chi connectivity index (χ2n) is 3.80. The Morgan fingerprint density at radius 1 is 1.00 bits per heavy atom. The van der Waals surface area contributed by atoms with Gasteiger partial charge in [0.1, 0.15) is 0 Å². The van der Waals surface area contributed by atoms with Crippen LogP contribution < -0.4 is 5.73 Å². The van der Waals surface area contributed by atoms with E-state index >= 15 is 0 Å². The third-order valence-corrected chi connectivity index (χ3v) is 3.06. The molecule has 0 aromatic carbocycles. The molecule has 2 rings (SSSR count). The molecule has 4 heteroatoms. The molecule has 0 spiro atoms. The molecule has 2 N–H and O–H groups in total. The van der Waals surface area contributed by atoms with Gasteiger partial charge < -0.3 is 5.73 Å². The van der Waals surface area contributed by atoms with E-state index in [1.165, 1.54) is 0 Å². The molecule has 0 saturated heterocycles. The number of hydrogen-bond acceptors (Lipinski definition) is 1. The monoisotopic (exact) mass is 197 g/mol. The summed E-state index contributed by atoms with van der Waals surface area (Å²) in [7, 11) is 0. The summed E-state index contributed by atoms with van der Waals surface area (Å²) in [6, 6.07) is 0.179. The lowest BCUT2D eigenvalue weighted by molar-refractivity contribution is 0.0775.